The van der Waals surface area contributed by atoms with Crippen molar-refractivity contribution in [2.75, 3.05) is 36.5 Å². The van der Waals surface area contributed by atoms with Gasteiger partial charge in [0.2, 0.25) is 0 Å². The smallest absolute Gasteiger partial charge is 0.449 e. The molecule has 2 aliphatic rings. The molecule has 1 unspecified atom stereocenters. The van der Waals surface area contributed by atoms with Gasteiger partial charge < -0.3 is 24.8 Å². The van der Waals surface area contributed by atoms with Crippen molar-refractivity contribution in [3.8, 4) is 5.75 Å². The summed E-state index contributed by atoms with van der Waals surface area (Å²) in [4.78, 5) is 13.3. The summed E-state index contributed by atoms with van der Waals surface area (Å²) in [5.74, 6) is -0.485. The molecule has 0 saturated carbocycles. The van der Waals surface area contributed by atoms with Crippen LogP contribution < -0.4 is 15.0 Å². The zero-order valence-electron chi connectivity index (χ0n) is 16.6. The molecule has 0 spiro atoms. The summed E-state index contributed by atoms with van der Waals surface area (Å²) in [7, 11) is 0. The number of anilines is 2. The van der Waals surface area contributed by atoms with Crippen molar-refractivity contribution >= 4 is 17.5 Å². The molecular weight excluding hydrogens is 375 g/mol. The van der Waals surface area contributed by atoms with Gasteiger partial charge in [0, 0.05) is 36.1 Å². The van der Waals surface area contributed by atoms with Crippen molar-refractivity contribution in [3.05, 3.63) is 53.3 Å². The van der Waals surface area contributed by atoms with Gasteiger partial charge in [0.1, 0.15) is 11.6 Å². The second-order valence-electron chi connectivity index (χ2n) is 8.24. The summed E-state index contributed by atoms with van der Waals surface area (Å²) in [6.45, 7) is 7.38. The Kier molecular flexibility index (Phi) is 5.08. The van der Waals surface area contributed by atoms with Crippen molar-refractivity contribution in [1.29, 1.82) is 0 Å². The maximum Gasteiger partial charge on any atom is 0.511 e. The van der Waals surface area contributed by atoms with Gasteiger partial charge in [-0.25, -0.2) is 9.18 Å². The van der Waals surface area contributed by atoms with Gasteiger partial charge in [-0.05, 0) is 35.6 Å². The lowest BCUT2D eigenvalue weighted by Gasteiger charge is -2.42. The van der Waals surface area contributed by atoms with Crippen LogP contribution >= 0.6 is 0 Å². The topological polar surface area (TPSA) is 71.0 Å². The monoisotopic (exact) mass is 400 g/mol. The number of rotatable bonds is 3. The molecule has 2 aromatic rings. The number of nitrogens with one attached hydrogen (secondary N) is 1. The van der Waals surface area contributed by atoms with Gasteiger partial charge in [0.25, 0.3) is 0 Å². The van der Waals surface area contributed by atoms with E-state index in [9.17, 15) is 9.18 Å². The Hall–Kier alpha value is -2.80. The van der Waals surface area contributed by atoms with E-state index in [1.54, 1.807) is 0 Å². The molecule has 29 heavy (non-hydrogen) atoms. The summed E-state index contributed by atoms with van der Waals surface area (Å²) in [5.41, 5.74) is 3.25. The van der Waals surface area contributed by atoms with Crippen LogP contribution in [0.5, 0.6) is 5.75 Å². The third-order valence-electron chi connectivity index (χ3n) is 5.66. The lowest BCUT2D eigenvalue weighted by atomic mass is 9.72. The maximum absolute atomic E-state index is 14.1. The highest BCUT2D eigenvalue weighted by Crippen LogP contribution is 2.48. The average Bonchev–Trinajstić information content (AvgIpc) is 2.68. The zero-order chi connectivity index (χ0) is 20.6. The number of hydrogen-bond acceptors (Lipinski definition) is 5. The van der Waals surface area contributed by atoms with Gasteiger partial charge in [0.15, 0.2) is 0 Å². The predicted octanol–water partition coefficient (Wildman–Crippen LogP) is 4.45. The van der Waals surface area contributed by atoms with E-state index in [1.807, 2.05) is 6.07 Å². The Morgan fingerprint density at radius 1 is 1.28 bits per heavy atom. The van der Waals surface area contributed by atoms with Crippen molar-refractivity contribution in [2.45, 2.75) is 26.3 Å². The van der Waals surface area contributed by atoms with Gasteiger partial charge in [-0.15, -0.1) is 0 Å². The lowest BCUT2D eigenvalue weighted by Crippen LogP contribution is -2.37. The van der Waals surface area contributed by atoms with E-state index in [0.717, 1.165) is 43.6 Å². The van der Waals surface area contributed by atoms with E-state index in [4.69, 9.17) is 14.6 Å². The molecule has 1 atom stereocenters. The highest BCUT2D eigenvalue weighted by atomic mass is 19.1. The molecule has 7 heteroatoms. The molecule has 6 nitrogen and oxygen atoms in total. The van der Waals surface area contributed by atoms with E-state index < -0.39 is 12.0 Å². The van der Waals surface area contributed by atoms with Crippen LogP contribution in [0.4, 0.5) is 20.6 Å². The molecule has 0 amide bonds. The average molecular weight is 400 g/mol. The number of benzene rings is 2. The van der Waals surface area contributed by atoms with Crippen molar-refractivity contribution in [1.82, 2.24) is 0 Å². The molecular formula is C22H25FN2O4. The van der Waals surface area contributed by atoms with Crippen LogP contribution in [0.15, 0.2) is 36.4 Å². The van der Waals surface area contributed by atoms with Crippen LogP contribution in [0.25, 0.3) is 0 Å². The normalized spacial score (nSPS) is 20.5. The fourth-order valence-electron chi connectivity index (χ4n) is 4.27. The molecule has 0 radical (unpaired) electrons. The highest BCUT2D eigenvalue weighted by molar-refractivity contribution is 5.68. The van der Waals surface area contributed by atoms with Gasteiger partial charge in [0.05, 0.1) is 19.3 Å². The molecule has 2 aromatic carbocycles. The molecule has 2 N–H and O–H groups in total. The third-order valence-corrected chi connectivity index (χ3v) is 5.66. The number of morpholine rings is 1. The number of ether oxygens (including phenoxy) is 2. The van der Waals surface area contributed by atoms with Crippen LogP contribution in [-0.2, 0) is 11.2 Å². The molecule has 1 saturated heterocycles. The lowest BCUT2D eigenvalue weighted by molar-refractivity contribution is 0.122. The van der Waals surface area contributed by atoms with Crippen molar-refractivity contribution < 1.29 is 23.8 Å². The second kappa shape index (κ2) is 7.55. The minimum atomic E-state index is -1.45. The van der Waals surface area contributed by atoms with Gasteiger partial charge >= 0.3 is 6.16 Å². The molecule has 2 heterocycles. The van der Waals surface area contributed by atoms with Gasteiger partial charge in [-0.2, -0.15) is 0 Å². The molecule has 154 valence electrons. The summed E-state index contributed by atoms with van der Waals surface area (Å²) < 4.78 is 24.4. The Morgan fingerprint density at radius 3 is 2.76 bits per heavy atom. The minimum Gasteiger partial charge on any atom is -0.449 e. The molecule has 1 fully saturated rings. The Balaban J connectivity index is 1.68. The number of halogens is 1. The first-order valence-electron chi connectivity index (χ1n) is 9.76. The molecule has 0 aliphatic carbocycles. The second-order valence-corrected chi connectivity index (χ2v) is 8.24. The standard InChI is InChI=1S/C22H25FN2O4/c1-22(2)13-17-18(11-15(23)12-19(17)29-21(26)27)24-20(22)14-4-3-5-16(10-14)25-6-8-28-9-7-25/h3-5,10-12,20,24H,6-9,13H2,1-2H3,(H,26,27). The largest absolute Gasteiger partial charge is 0.511 e. The predicted molar refractivity (Wildman–Crippen MR) is 108 cm³/mol. The van der Waals surface area contributed by atoms with E-state index in [1.165, 1.54) is 6.07 Å². The number of nitrogens with zero attached hydrogens (tertiary/aromatic N) is 1. The SMILES string of the molecule is CC1(C)Cc2c(cc(F)cc2OC(=O)O)NC1c1cccc(N2CCOCC2)c1. The Morgan fingerprint density at radius 2 is 2.03 bits per heavy atom. The summed E-state index contributed by atoms with van der Waals surface area (Å²) in [6.07, 6.45) is -0.888. The first kappa shape index (κ1) is 19.5. The maximum atomic E-state index is 14.1. The number of hydrogen-bond donors (Lipinski definition) is 2. The van der Waals surface area contributed by atoms with E-state index in [2.05, 4.69) is 42.3 Å². The van der Waals surface area contributed by atoms with Crippen molar-refractivity contribution in [2.24, 2.45) is 5.41 Å². The summed E-state index contributed by atoms with van der Waals surface area (Å²) >= 11 is 0. The van der Waals surface area contributed by atoms with Crippen LogP contribution in [0, 0.1) is 11.2 Å². The highest BCUT2D eigenvalue weighted by Gasteiger charge is 2.38. The quantitative estimate of drug-likeness (QED) is 0.586. The first-order valence-corrected chi connectivity index (χ1v) is 9.76. The van der Waals surface area contributed by atoms with E-state index >= 15 is 0 Å². The number of fused-ring (bicyclic) bond motifs is 1. The van der Waals surface area contributed by atoms with Crippen LogP contribution in [0.2, 0.25) is 0 Å². The van der Waals surface area contributed by atoms with Crippen LogP contribution in [0.1, 0.15) is 31.0 Å². The van der Waals surface area contributed by atoms with Crippen molar-refractivity contribution in [3.63, 3.8) is 0 Å². The Bertz CT molecular complexity index is 925. The van der Waals surface area contributed by atoms with Crippen LogP contribution in [0.3, 0.4) is 0 Å². The minimum absolute atomic E-state index is 0.0496. The van der Waals surface area contributed by atoms with E-state index in [0.29, 0.717) is 17.7 Å². The number of carbonyl (C=O) groups is 1. The molecule has 4 rings (SSSR count). The van der Waals surface area contributed by atoms with Gasteiger partial charge in [-0.3, -0.25) is 0 Å². The fourth-order valence-corrected chi connectivity index (χ4v) is 4.27. The molecule has 0 aromatic heterocycles. The van der Waals surface area contributed by atoms with E-state index in [-0.39, 0.29) is 17.2 Å². The summed E-state index contributed by atoms with van der Waals surface area (Å²) in [6, 6.07) is 10.8. The first-order chi connectivity index (χ1) is 13.8. The molecule has 2 aliphatic heterocycles. The zero-order valence-corrected chi connectivity index (χ0v) is 16.6. The van der Waals surface area contributed by atoms with Gasteiger partial charge in [-0.1, -0.05) is 26.0 Å². The fraction of sp³-hybridized carbons (Fsp3) is 0.409. The third kappa shape index (κ3) is 4.00. The number of carboxylic acid groups (broad SMARTS) is 1. The Labute approximate surface area is 169 Å². The molecule has 0 bridgehead atoms. The van der Waals surface area contributed by atoms with Crippen LogP contribution in [-0.4, -0.2) is 37.6 Å². The summed E-state index contributed by atoms with van der Waals surface area (Å²) in [5, 5.41) is 12.4.